The minimum Gasteiger partial charge on any atom is -0.330 e. The number of nitrogens with zero attached hydrogens (tertiary/aromatic N) is 5. The van der Waals surface area contributed by atoms with Crippen molar-refractivity contribution in [3.05, 3.63) is 53.8 Å². The fourth-order valence-electron chi connectivity index (χ4n) is 3.53. The molecule has 2 aromatic heterocycles. The third kappa shape index (κ3) is 5.29. The highest BCUT2D eigenvalue weighted by molar-refractivity contribution is 7.13. The molecule has 1 fully saturated rings. The predicted octanol–water partition coefficient (Wildman–Crippen LogP) is 2.57. The molecule has 0 spiro atoms. The molecule has 7 nitrogen and oxygen atoms in total. The van der Waals surface area contributed by atoms with Gasteiger partial charge >= 0.3 is 0 Å². The van der Waals surface area contributed by atoms with E-state index in [2.05, 4.69) is 41.8 Å². The van der Waals surface area contributed by atoms with Crippen LogP contribution in [0.4, 0.5) is 5.13 Å². The highest BCUT2D eigenvalue weighted by atomic mass is 32.1. The van der Waals surface area contributed by atoms with Gasteiger partial charge in [0.25, 0.3) is 0 Å². The van der Waals surface area contributed by atoms with Crippen LogP contribution in [0.5, 0.6) is 0 Å². The fourth-order valence-corrected chi connectivity index (χ4v) is 4.23. The van der Waals surface area contributed by atoms with Crippen LogP contribution in [-0.4, -0.2) is 69.5 Å². The number of carbonyl (C=O) groups excluding carboxylic acids is 1. The second-order valence-corrected chi connectivity index (χ2v) is 8.13. The van der Waals surface area contributed by atoms with Crippen molar-refractivity contribution >= 4 is 22.4 Å². The summed E-state index contributed by atoms with van der Waals surface area (Å²) in [7, 11) is 0. The number of piperazine rings is 1. The number of hydrogen-bond donors (Lipinski definition) is 1. The van der Waals surface area contributed by atoms with Crippen molar-refractivity contribution in [3.8, 4) is 11.4 Å². The smallest absolute Gasteiger partial charge is 0.240 e. The lowest BCUT2D eigenvalue weighted by Gasteiger charge is -2.34. The fraction of sp³-hybridized carbons (Fsp3) is 0.381. The topological polar surface area (TPSA) is 66.3 Å². The lowest BCUT2D eigenvalue weighted by molar-refractivity contribution is -0.117. The molecular weight excluding hydrogens is 384 g/mol. The molecule has 0 bridgehead atoms. The van der Waals surface area contributed by atoms with Gasteiger partial charge in [-0.05, 0) is 6.92 Å². The van der Waals surface area contributed by atoms with E-state index in [0.29, 0.717) is 11.7 Å². The summed E-state index contributed by atoms with van der Waals surface area (Å²) in [5.74, 6) is 1.03. The molecule has 29 heavy (non-hydrogen) atoms. The van der Waals surface area contributed by atoms with Gasteiger partial charge in [-0.25, -0.2) is 9.97 Å². The molecule has 4 rings (SSSR count). The Morgan fingerprint density at radius 2 is 1.86 bits per heavy atom. The Morgan fingerprint density at radius 3 is 2.59 bits per heavy atom. The van der Waals surface area contributed by atoms with E-state index in [1.54, 1.807) is 0 Å². The van der Waals surface area contributed by atoms with Gasteiger partial charge in [0.05, 0.1) is 12.2 Å². The molecule has 3 aromatic rings. The maximum Gasteiger partial charge on any atom is 0.240 e. The van der Waals surface area contributed by atoms with Crippen LogP contribution in [0.1, 0.15) is 5.69 Å². The van der Waals surface area contributed by atoms with Crippen LogP contribution in [0.25, 0.3) is 11.4 Å². The molecule has 152 valence electrons. The zero-order valence-corrected chi connectivity index (χ0v) is 17.4. The number of amides is 1. The number of nitrogens with one attached hydrogen (secondary N) is 1. The summed E-state index contributed by atoms with van der Waals surface area (Å²) in [6.07, 6.45) is 3.91. The van der Waals surface area contributed by atoms with E-state index in [4.69, 9.17) is 0 Å². The second-order valence-electron chi connectivity index (χ2n) is 7.27. The van der Waals surface area contributed by atoms with Crippen LogP contribution < -0.4 is 5.32 Å². The van der Waals surface area contributed by atoms with Gasteiger partial charge in [0.15, 0.2) is 5.13 Å². The molecule has 1 N–H and O–H groups in total. The summed E-state index contributed by atoms with van der Waals surface area (Å²) >= 11 is 1.47. The van der Waals surface area contributed by atoms with Crippen molar-refractivity contribution in [1.82, 2.24) is 24.3 Å². The van der Waals surface area contributed by atoms with Gasteiger partial charge in [0.1, 0.15) is 5.82 Å². The third-order valence-electron chi connectivity index (χ3n) is 5.10. The molecule has 1 saturated heterocycles. The second kappa shape index (κ2) is 9.30. The zero-order chi connectivity index (χ0) is 20.1. The van der Waals surface area contributed by atoms with E-state index in [-0.39, 0.29) is 5.91 Å². The van der Waals surface area contributed by atoms with Crippen molar-refractivity contribution in [1.29, 1.82) is 0 Å². The molecule has 8 heteroatoms. The number of thiazole rings is 1. The van der Waals surface area contributed by atoms with Crippen LogP contribution >= 0.6 is 11.3 Å². The summed E-state index contributed by atoms with van der Waals surface area (Å²) in [4.78, 5) is 25.7. The highest BCUT2D eigenvalue weighted by Crippen LogP contribution is 2.17. The van der Waals surface area contributed by atoms with Crippen LogP contribution in [0.15, 0.2) is 48.1 Å². The van der Waals surface area contributed by atoms with Crippen LogP contribution in [0.3, 0.4) is 0 Å². The first-order chi connectivity index (χ1) is 14.2. The summed E-state index contributed by atoms with van der Waals surface area (Å²) in [6.45, 7) is 7.99. The largest absolute Gasteiger partial charge is 0.330 e. The van der Waals surface area contributed by atoms with Crippen LogP contribution in [-0.2, 0) is 11.3 Å². The third-order valence-corrected chi connectivity index (χ3v) is 5.98. The Morgan fingerprint density at radius 1 is 1.10 bits per heavy atom. The zero-order valence-electron chi connectivity index (χ0n) is 16.6. The first-order valence-electron chi connectivity index (χ1n) is 9.90. The molecule has 1 aliphatic heterocycles. The van der Waals surface area contributed by atoms with E-state index in [1.807, 2.05) is 42.9 Å². The Labute approximate surface area is 175 Å². The van der Waals surface area contributed by atoms with Crippen molar-refractivity contribution in [2.24, 2.45) is 0 Å². The van der Waals surface area contributed by atoms with E-state index in [0.717, 1.165) is 56.4 Å². The predicted molar refractivity (Wildman–Crippen MR) is 116 cm³/mol. The lowest BCUT2D eigenvalue weighted by atomic mass is 10.2. The summed E-state index contributed by atoms with van der Waals surface area (Å²) in [5.41, 5.74) is 2.08. The minimum absolute atomic E-state index is 0.0127. The number of imidazole rings is 1. The van der Waals surface area contributed by atoms with Crippen LogP contribution in [0.2, 0.25) is 0 Å². The summed E-state index contributed by atoms with van der Waals surface area (Å²) in [5, 5.41) is 5.51. The Hall–Kier alpha value is -2.55. The maximum atomic E-state index is 12.2. The highest BCUT2D eigenvalue weighted by Gasteiger charge is 2.19. The van der Waals surface area contributed by atoms with Crippen molar-refractivity contribution in [2.45, 2.75) is 13.5 Å². The molecule has 1 amide bonds. The average molecular weight is 411 g/mol. The molecule has 0 atom stereocenters. The quantitative estimate of drug-likeness (QED) is 0.649. The minimum atomic E-state index is 0.0127. The van der Waals surface area contributed by atoms with Gasteiger partial charge in [-0.2, -0.15) is 0 Å². The average Bonchev–Trinajstić information content (AvgIpc) is 3.37. The molecule has 1 aromatic carbocycles. The Balaban J connectivity index is 1.22. The number of carbonyl (C=O) groups is 1. The van der Waals surface area contributed by atoms with Gasteiger partial charge in [-0.3, -0.25) is 14.6 Å². The van der Waals surface area contributed by atoms with Gasteiger partial charge in [-0.1, -0.05) is 30.3 Å². The molecule has 1 aliphatic rings. The normalized spacial score (nSPS) is 15.5. The van der Waals surface area contributed by atoms with E-state index in [9.17, 15) is 4.79 Å². The van der Waals surface area contributed by atoms with Crippen molar-refractivity contribution in [2.75, 3.05) is 44.6 Å². The number of aromatic nitrogens is 3. The van der Waals surface area contributed by atoms with E-state index < -0.39 is 0 Å². The first kappa shape index (κ1) is 19.8. The number of aryl methyl sites for hydroxylation is 1. The maximum absolute atomic E-state index is 12.2. The molecule has 0 radical (unpaired) electrons. The summed E-state index contributed by atoms with van der Waals surface area (Å²) in [6, 6.07) is 10.3. The number of anilines is 1. The molecule has 0 unspecified atom stereocenters. The van der Waals surface area contributed by atoms with Crippen molar-refractivity contribution < 1.29 is 4.79 Å². The van der Waals surface area contributed by atoms with Gasteiger partial charge in [-0.15, -0.1) is 11.3 Å². The number of benzene rings is 1. The van der Waals surface area contributed by atoms with E-state index in [1.165, 1.54) is 11.3 Å². The molecule has 3 heterocycles. The standard InChI is InChI=1S/C21H26N6OS/c1-17-16-29-21(23-17)24-19(28)15-26-11-9-25(10-12-26)13-14-27-8-7-22-20(27)18-5-3-2-4-6-18/h2-8,16H,9-15H2,1H3,(H,23,24,28). The SMILES string of the molecule is Cc1csc(NC(=O)CN2CCN(CCn3ccnc3-c3ccccc3)CC2)n1. The Kier molecular flexibility index (Phi) is 6.33. The molecular formula is C21H26N6OS. The monoisotopic (exact) mass is 410 g/mol. The number of hydrogen-bond acceptors (Lipinski definition) is 6. The van der Waals surface area contributed by atoms with Gasteiger partial charge < -0.3 is 9.88 Å². The van der Waals surface area contributed by atoms with Gasteiger partial charge in [0.2, 0.25) is 5.91 Å². The van der Waals surface area contributed by atoms with Gasteiger partial charge in [0, 0.05) is 62.6 Å². The first-order valence-corrected chi connectivity index (χ1v) is 10.8. The molecule has 0 saturated carbocycles. The van der Waals surface area contributed by atoms with Crippen LogP contribution in [0, 0.1) is 6.92 Å². The Bertz CT molecular complexity index is 930. The van der Waals surface area contributed by atoms with E-state index >= 15 is 0 Å². The van der Waals surface area contributed by atoms with Crippen molar-refractivity contribution in [3.63, 3.8) is 0 Å². The molecule has 0 aliphatic carbocycles. The lowest BCUT2D eigenvalue weighted by Crippen LogP contribution is -2.49. The summed E-state index contributed by atoms with van der Waals surface area (Å²) < 4.78 is 2.21. The number of rotatable bonds is 7.